The van der Waals surface area contributed by atoms with Gasteiger partial charge in [0.05, 0.1) is 11.7 Å². The van der Waals surface area contributed by atoms with Gasteiger partial charge in [0.25, 0.3) is 5.91 Å². The second-order valence-corrected chi connectivity index (χ2v) is 8.01. The molecule has 2 saturated heterocycles. The number of carbonyl (C=O) groups excluding carboxylic acids is 2. The van der Waals surface area contributed by atoms with Crippen molar-refractivity contribution >= 4 is 17.6 Å². The normalized spacial score (nSPS) is 18.8. The zero-order chi connectivity index (χ0) is 21.8. The number of hydrogen-bond donors (Lipinski definition) is 1. The van der Waals surface area contributed by atoms with Crippen molar-refractivity contribution in [1.82, 2.24) is 9.80 Å². The number of amides is 3. The first-order valence-electron chi connectivity index (χ1n) is 10.8. The van der Waals surface area contributed by atoms with Gasteiger partial charge in [0.2, 0.25) is 0 Å². The van der Waals surface area contributed by atoms with Crippen molar-refractivity contribution in [1.29, 1.82) is 0 Å². The number of benzene rings is 1. The number of aryl methyl sites for hydroxylation is 2. The first-order chi connectivity index (χ1) is 15.0. The molecule has 1 aromatic heterocycles. The van der Waals surface area contributed by atoms with Crippen LogP contribution in [-0.4, -0.2) is 67.2 Å². The number of nitrogens with one attached hydrogen (secondary N) is 1. The molecule has 1 aromatic carbocycles. The molecule has 0 bridgehead atoms. The standard InChI is InChI=1S/C23H29N3O5/c1-16-14-21(17(2)31-16)22(27)25-9-11-26(12-10-25)23(28)24-18-5-7-19(8-6-18)30-15-20-4-3-13-29-20/h5-8,14,20H,3-4,9-13,15H2,1-2H3,(H,24,28)/t20-/m0/s1. The van der Waals surface area contributed by atoms with Crippen LogP contribution in [-0.2, 0) is 4.74 Å². The van der Waals surface area contributed by atoms with Gasteiger partial charge in [-0.25, -0.2) is 4.79 Å². The number of urea groups is 1. The molecule has 3 heterocycles. The summed E-state index contributed by atoms with van der Waals surface area (Å²) in [5.41, 5.74) is 1.30. The Balaban J connectivity index is 1.24. The van der Waals surface area contributed by atoms with Gasteiger partial charge in [0.15, 0.2) is 0 Å². The van der Waals surface area contributed by atoms with Crippen molar-refractivity contribution in [2.45, 2.75) is 32.8 Å². The molecule has 166 valence electrons. The fraction of sp³-hybridized carbons (Fsp3) is 0.478. The van der Waals surface area contributed by atoms with Crippen LogP contribution in [0.1, 0.15) is 34.7 Å². The van der Waals surface area contributed by atoms with Crippen LogP contribution in [0.25, 0.3) is 0 Å². The highest BCUT2D eigenvalue weighted by Gasteiger charge is 2.27. The minimum Gasteiger partial charge on any atom is -0.491 e. The van der Waals surface area contributed by atoms with Crippen molar-refractivity contribution in [3.8, 4) is 5.75 Å². The van der Waals surface area contributed by atoms with Crippen molar-refractivity contribution in [3.63, 3.8) is 0 Å². The molecule has 3 amide bonds. The van der Waals surface area contributed by atoms with Crippen LogP contribution in [0.2, 0.25) is 0 Å². The maximum Gasteiger partial charge on any atom is 0.321 e. The van der Waals surface area contributed by atoms with Crippen LogP contribution >= 0.6 is 0 Å². The number of ether oxygens (including phenoxy) is 2. The summed E-state index contributed by atoms with van der Waals surface area (Å²) in [5.74, 6) is 2.06. The van der Waals surface area contributed by atoms with E-state index in [0.29, 0.717) is 49.8 Å². The van der Waals surface area contributed by atoms with E-state index in [1.54, 1.807) is 22.8 Å². The molecule has 2 aromatic rings. The Labute approximate surface area is 182 Å². The van der Waals surface area contributed by atoms with E-state index in [-0.39, 0.29) is 18.0 Å². The van der Waals surface area contributed by atoms with Crippen LogP contribution in [0, 0.1) is 13.8 Å². The fourth-order valence-corrected chi connectivity index (χ4v) is 3.93. The molecular formula is C23H29N3O5. The zero-order valence-electron chi connectivity index (χ0n) is 18.1. The summed E-state index contributed by atoms with van der Waals surface area (Å²) in [5, 5.41) is 2.91. The lowest BCUT2D eigenvalue weighted by atomic mass is 10.2. The molecule has 0 saturated carbocycles. The second-order valence-electron chi connectivity index (χ2n) is 8.01. The third-order valence-corrected chi connectivity index (χ3v) is 5.69. The average Bonchev–Trinajstić information content (AvgIpc) is 3.42. The molecular weight excluding hydrogens is 398 g/mol. The van der Waals surface area contributed by atoms with E-state index >= 15 is 0 Å². The van der Waals surface area contributed by atoms with Crippen LogP contribution in [0.4, 0.5) is 10.5 Å². The van der Waals surface area contributed by atoms with Crippen molar-refractivity contribution in [2.24, 2.45) is 0 Å². The summed E-state index contributed by atoms with van der Waals surface area (Å²) in [4.78, 5) is 28.8. The van der Waals surface area contributed by atoms with Crippen LogP contribution in [0.15, 0.2) is 34.7 Å². The number of hydrogen-bond acceptors (Lipinski definition) is 5. The highest BCUT2D eigenvalue weighted by Crippen LogP contribution is 2.20. The Morgan fingerprint density at radius 3 is 2.42 bits per heavy atom. The molecule has 0 radical (unpaired) electrons. The molecule has 0 spiro atoms. The lowest BCUT2D eigenvalue weighted by molar-refractivity contribution is 0.0669. The van der Waals surface area contributed by atoms with E-state index in [2.05, 4.69) is 5.32 Å². The minimum atomic E-state index is -0.171. The van der Waals surface area contributed by atoms with Gasteiger partial charge in [-0.3, -0.25) is 4.79 Å². The number of rotatable bonds is 5. The largest absolute Gasteiger partial charge is 0.491 e. The van der Waals surface area contributed by atoms with Crippen LogP contribution in [0.5, 0.6) is 5.75 Å². The third kappa shape index (κ3) is 5.19. The number of piperazine rings is 1. The van der Waals surface area contributed by atoms with Crippen LogP contribution in [0.3, 0.4) is 0 Å². The van der Waals surface area contributed by atoms with Crippen molar-refractivity contribution in [3.05, 3.63) is 47.4 Å². The number of carbonyl (C=O) groups is 2. The first kappa shape index (κ1) is 21.2. The monoisotopic (exact) mass is 427 g/mol. The first-order valence-corrected chi connectivity index (χ1v) is 10.8. The predicted molar refractivity (Wildman–Crippen MR) is 116 cm³/mol. The van der Waals surface area contributed by atoms with E-state index in [1.165, 1.54) is 0 Å². The predicted octanol–water partition coefficient (Wildman–Crippen LogP) is 3.44. The highest BCUT2D eigenvalue weighted by atomic mass is 16.5. The molecule has 0 aliphatic carbocycles. The van der Waals surface area contributed by atoms with Gasteiger partial charge in [-0.05, 0) is 57.0 Å². The summed E-state index contributed by atoms with van der Waals surface area (Å²) >= 11 is 0. The number of anilines is 1. The Bertz CT molecular complexity index is 910. The Hall–Kier alpha value is -3.00. The third-order valence-electron chi connectivity index (χ3n) is 5.69. The van der Waals surface area contributed by atoms with Gasteiger partial charge in [-0.1, -0.05) is 0 Å². The minimum absolute atomic E-state index is 0.0481. The Kier molecular flexibility index (Phi) is 6.46. The summed E-state index contributed by atoms with van der Waals surface area (Å²) in [6.45, 7) is 6.93. The molecule has 2 aliphatic rings. The highest BCUT2D eigenvalue weighted by molar-refractivity contribution is 5.95. The van der Waals surface area contributed by atoms with E-state index < -0.39 is 0 Å². The Morgan fingerprint density at radius 2 is 1.81 bits per heavy atom. The second kappa shape index (κ2) is 9.43. The molecule has 4 rings (SSSR count). The maximum atomic E-state index is 12.7. The molecule has 8 nitrogen and oxygen atoms in total. The number of nitrogens with zero attached hydrogens (tertiary/aromatic N) is 2. The topological polar surface area (TPSA) is 84.3 Å². The Morgan fingerprint density at radius 1 is 1.10 bits per heavy atom. The van der Waals surface area contributed by atoms with Crippen molar-refractivity contribution in [2.75, 3.05) is 44.7 Å². The lowest BCUT2D eigenvalue weighted by Crippen LogP contribution is -2.51. The molecule has 1 atom stereocenters. The van der Waals surface area contributed by atoms with Crippen LogP contribution < -0.4 is 10.1 Å². The maximum absolute atomic E-state index is 12.7. The van der Waals surface area contributed by atoms with E-state index in [0.717, 1.165) is 31.0 Å². The smallest absolute Gasteiger partial charge is 0.321 e. The SMILES string of the molecule is Cc1cc(C(=O)N2CCN(C(=O)Nc3ccc(OC[C@@H]4CCCO4)cc3)CC2)c(C)o1. The van der Waals surface area contributed by atoms with Gasteiger partial charge in [0, 0.05) is 38.5 Å². The molecule has 1 N–H and O–H groups in total. The summed E-state index contributed by atoms with van der Waals surface area (Å²) in [7, 11) is 0. The van der Waals surface area contributed by atoms with Gasteiger partial charge in [0.1, 0.15) is 23.9 Å². The quantitative estimate of drug-likeness (QED) is 0.790. The van der Waals surface area contributed by atoms with E-state index in [4.69, 9.17) is 13.9 Å². The van der Waals surface area contributed by atoms with Gasteiger partial charge < -0.3 is 29.0 Å². The molecule has 8 heteroatoms. The van der Waals surface area contributed by atoms with E-state index in [9.17, 15) is 9.59 Å². The molecule has 0 unspecified atom stereocenters. The van der Waals surface area contributed by atoms with Gasteiger partial charge >= 0.3 is 6.03 Å². The number of furan rings is 1. The zero-order valence-corrected chi connectivity index (χ0v) is 18.1. The summed E-state index contributed by atoms with van der Waals surface area (Å²) < 4.78 is 16.8. The van der Waals surface area contributed by atoms with Gasteiger partial charge in [-0.2, -0.15) is 0 Å². The molecule has 2 fully saturated rings. The fourth-order valence-electron chi connectivity index (χ4n) is 3.93. The lowest BCUT2D eigenvalue weighted by Gasteiger charge is -2.34. The average molecular weight is 428 g/mol. The van der Waals surface area contributed by atoms with E-state index in [1.807, 2.05) is 31.2 Å². The van der Waals surface area contributed by atoms with Gasteiger partial charge in [-0.15, -0.1) is 0 Å². The molecule has 2 aliphatic heterocycles. The summed E-state index contributed by atoms with van der Waals surface area (Å²) in [6, 6.07) is 8.94. The molecule has 31 heavy (non-hydrogen) atoms. The summed E-state index contributed by atoms with van der Waals surface area (Å²) in [6.07, 6.45) is 2.30. The van der Waals surface area contributed by atoms with Crippen molar-refractivity contribution < 1.29 is 23.5 Å².